The summed E-state index contributed by atoms with van der Waals surface area (Å²) in [5.74, 6) is 1.42. The number of carbonyl (C=O) groups is 1. The molecule has 2 aromatic rings. The van der Waals surface area contributed by atoms with E-state index in [4.69, 9.17) is 9.47 Å². The van der Waals surface area contributed by atoms with Crippen LogP contribution in [0.1, 0.15) is 12.8 Å². The predicted octanol–water partition coefficient (Wildman–Crippen LogP) is 3.64. The van der Waals surface area contributed by atoms with Gasteiger partial charge < -0.3 is 19.3 Å². The third kappa shape index (κ3) is 3.53. The second kappa shape index (κ2) is 7.38. The minimum Gasteiger partial charge on any atom is -0.497 e. The molecule has 0 saturated carbocycles. The van der Waals surface area contributed by atoms with E-state index in [2.05, 4.69) is 4.90 Å². The lowest BCUT2D eigenvalue weighted by Gasteiger charge is -2.30. The average molecular weight is 352 g/mol. The minimum absolute atomic E-state index is 0.226. The van der Waals surface area contributed by atoms with Crippen molar-refractivity contribution in [2.45, 2.75) is 18.9 Å². The molecule has 3 fully saturated rings. The van der Waals surface area contributed by atoms with E-state index in [-0.39, 0.29) is 6.09 Å². The third-order valence-electron chi connectivity index (χ3n) is 5.37. The first-order valence-corrected chi connectivity index (χ1v) is 9.18. The van der Waals surface area contributed by atoms with Crippen molar-refractivity contribution in [3.8, 4) is 22.6 Å². The van der Waals surface area contributed by atoms with Crippen LogP contribution in [-0.2, 0) is 0 Å². The van der Waals surface area contributed by atoms with Crippen molar-refractivity contribution in [2.75, 3.05) is 33.3 Å². The van der Waals surface area contributed by atoms with E-state index >= 15 is 0 Å². The summed E-state index contributed by atoms with van der Waals surface area (Å²) in [5.41, 5.74) is 2.18. The highest BCUT2D eigenvalue weighted by Crippen LogP contribution is 2.26. The lowest BCUT2D eigenvalue weighted by atomic mass is 10.1. The van der Waals surface area contributed by atoms with Gasteiger partial charge in [-0.3, -0.25) is 0 Å². The van der Waals surface area contributed by atoms with Crippen LogP contribution in [-0.4, -0.2) is 55.2 Å². The molecule has 3 aliphatic heterocycles. The number of methoxy groups -OCH3 is 1. The van der Waals surface area contributed by atoms with Gasteiger partial charge in [0.05, 0.1) is 7.11 Å². The highest BCUT2D eigenvalue weighted by molar-refractivity contribution is 5.72. The monoisotopic (exact) mass is 352 g/mol. The highest BCUT2D eigenvalue weighted by atomic mass is 16.6. The van der Waals surface area contributed by atoms with Crippen LogP contribution < -0.4 is 9.47 Å². The van der Waals surface area contributed by atoms with Crippen LogP contribution in [0.15, 0.2) is 48.5 Å². The summed E-state index contributed by atoms with van der Waals surface area (Å²) < 4.78 is 10.8. The molecular formula is C21H24N2O3. The topological polar surface area (TPSA) is 42.0 Å². The summed E-state index contributed by atoms with van der Waals surface area (Å²) in [6.07, 6.45) is 1.87. The van der Waals surface area contributed by atoms with Gasteiger partial charge in [-0.15, -0.1) is 0 Å². The van der Waals surface area contributed by atoms with E-state index in [9.17, 15) is 4.79 Å². The van der Waals surface area contributed by atoms with Crippen LogP contribution in [0.25, 0.3) is 11.1 Å². The second-order valence-corrected chi connectivity index (χ2v) is 6.89. The maximum atomic E-state index is 12.6. The molecule has 3 aliphatic rings. The maximum Gasteiger partial charge on any atom is 0.415 e. The fraction of sp³-hybridized carbons (Fsp3) is 0.381. The van der Waals surface area contributed by atoms with Crippen LogP contribution in [0.3, 0.4) is 0 Å². The number of hydrogen-bond acceptors (Lipinski definition) is 4. The van der Waals surface area contributed by atoms with Crippen LogP contribution in [0.4, 0.5) is 4.79 Å². The summed E-state index contributed by atoms with van der Waals surface area (Å²) in [7, 11) is 1.66. The summed E-state index contributed by atoms with van der Waals surface area (Å²) in [6, 6.07) is 15.9. The van der Waals surface area contributed by atoms with Gasteiger partial charge in [-0.05, 0) is 48.2 Å². The smallest absolute Gasteiger partial charge is 0.415 e. The van der Waals surface area contributed by atoms with Crippen molar-refractivity contribution >= 4 is 6.09 Å². The zero-order valence-electron chi connectivity index (χ0n) is 15.1. The molecule has 136 valence electrons. The molecule has 2 bridgehead atoms. The number of fused-ring (bicyclic) bond motifs is 4. The zero-order valence-corrected chi connectivity index (χ0v) is 15.1. The van der Waals surface area contributed by atoms with Gasteiger partial charge in [0.1, 0.15) is 11.5 Å². The van der Waals surface area contributed by atoms with Gasteiger partial charge in [0.2, 0.25) is 0 Å². The van der Waals surface area contributed by atoms with Crippen molar-refractivity contribution in [3.05, 3.63) is 48.5 Å². The van der Waals surface area contributed by atoms with Crippen molar-refractivity contribution in [3.63, 3.8) is 0 Å². The van der Waals surface area contributed by atoms with Gasteiger partial charge in [0.25, 0.3) is 0 Å². The van der Waals surface area contributed by atoms with Crippen LogP contribution in [0.5, 0.6) is 11.5 Å². The largest absolute Gasteiger partial charge is 0.497 e. The molecule has 3 saturated heterocycles. The van der Waals surface area contributed by atoms with Gasteiger partial charge in [-0.1, -0.05) is 24.3 Å². The van der Waals surface area contributed by atoms with Gasteiger partial charge >= 0.3 is 6.09 Å². The molecule has 0 spiro atoms. The standard InChI is InChI=1S/C21H24N2O3/c1-25-19-6-2-16(3-7-19)17-4-8-20(9-5-17)26-21(24)23-15-14-22-12-10-18(23)11-13-22/h2-9,18H,10-15H2,1H3. The van der Waals surface area contributed by atoms with Crippen molar-refractivity contribution in [1.29, 1.82) is 0 Å². The summed E-state index contributed by atoms with van der Waals surface area (Å²) >= 11 is 0. The first-order valence-electron chi connectivity index (χ1n) is 9.18. The number of hydrogen-bond donors (Lipinski definition) is 0. The minimum atomic E-state index is -0.226. The van der Waals surface area contributed by atoms with Crippen LogP contribution >= 0.6 is 0 Å². The lowest BCUT2D eigenvalue weighted by molar-refractivity contribution is 0.131. The fourth-order valence-electron chi connectivity index (χ4n) is 3.79. The van der Waals surface area contributed by atoms with E-state index < -0.39 is 0 Å². The number of carbonyl (C=O) groups excluding carboxylic acids is 1. The van der Waals surface area contributed by atoms with Crippen molar-refractivity contribution < 1.29 is 14.3 Å². The van der Waals surface area contributed by atoms with Gasteiger partial charge in [-0.25, -0.2) is 4.79 Å². The Morgan fingerprint density at radius 1 is 0.846 bits per heavy atom. The number of rotatable bonds is 3. The Kier molecular flexibility index (Phi) is 4.80. The Morgan fingerprint density at radius 3 is 2.00 bits per heavy atom. The molecule has 1 amide bonds. The Labute approximate surface area is 154 Å². The van der Waals surface area contributed by atoms with E-state index in [1.54, 1.807) is 7.11 Å². The van der Waals surface area contributed by atoms with Crippen LogP contribution in [0.2, 0.25) is 0 Å². The highest BCUT2D eigenvalue weighted by Gasteiger charge is 2.32. The molecule has 26 heavy (non-hydrogen) atoms. The first kappa shape index (κ1) is 16.9. The molecule has 0 atom stereocenters. The zero-order chi connectivity index (χ0) is 17.9. The molecule has 5 rings (SSSR count). The van der Waals surface area contributed by atoms with Crippen LogP contribution in [0, 0.1) is 0 Å². The molecule has 5 nitrogen and oxygen atoms in total. The second-order valence-electron chi connectivity index (χ2n) is 6.89. The molecule has 0 aromatic heterocycles. The molecule has 3 heterocycles. The Bertz CT molecular complexity index is 750. The van der Waals surface area contributed by atoms with E-state index in [0.717, 1.165) is 55.9 Å². The number of amides is 1. The van der Waals surface area contributed by atoms with Gasteiger partial charge in [0, 0.05) is 32.2 Å². The lowest BCUT2D eigenvalue weighted by Crippen LogP contribution is -2.43. The molecule has 0 N–H and O–H groups in total. The summed E-state index contributed by atoms with van der Waals surface area (Å²) in [4.78, 5) is 16.9. The quantitative estimate of drug-likeness (QED) is 0.846. The molecule has 0 radical (unpaired) electrons. The van der Waals surface area contributed by atoms with E-state index in [0.29, 0.717) is 11.8 Å². The first-order chi connectivity index (χ1) is 12.7. The Balaban J connectivity index is 1.42. The fourth-order valence-corrected chi connectivity index (χ4v) is 3.79. The van der Waals surface area contributed by atoms with Crippen molar-refractivity contribution in [2.24, 2.45) is 0 Å². The number of nitrogens with zero attached hydrogens (tertiary/aromatic N) is 2. The van der Waals surface area contributed by atoms with Gasteiger partial charge in [0.15, 0.2) is 0 Å². The normalized spacial score (nSPS) is 22.0. The maximum absolute atomic E-state index is 12.6. The number of piperidine rings is 1. The summed E-state index contributed by atoms with van der Waals surface area (Å²) in [6.45, 7) is 3.88. The van der Waals surface area contributed by atoms with Crippen molar-refractivity contribution in [1.82, 2.24) is 9.80 Å². The van der Waals surface area contributed by atoms with Gasteiger partial charge in [-0.2, -0.15) is 0 Å². The van der Waals surface area contributed by atoms with E-state index in [1.807, 2.05) is 53.4 Å². The van der Waals surface area contributed by atoms with E-state index in [1.165, 1.54) is 0 Å². The summed E-state index contributed by atoms with van der Waals surface area (Å²) in [5, 5.41) is 0. The third-order valence-corrected chi connectivity index (χ3v) is 5.37. The molecular weight excluding hydrogens is 328 g/mol. The number of ether oxygens (including phenoxy) is 2. The number of benzene rings is 2. The molecule has 0 aliphatic carbocycles. The molecule has 2 aromatic carbocycles. The Hall–Kier alpha value is -2.53. The molecule has 0 unspecified atom stereocenters. The Morgan fingerprint density at radius 2 is 1.42 bits per heavy atom. The molecule has 5 heteroatoms. The predicted molar refractivity (Wildman–Crippen MR) is 101 cm³/mol. The SMILES string of the molecule is COc1ccc(-c2ccc(OC(=O)N3CCN4CCC3CC4)cc2)cc1. The average Bonchev–Trinajstić information content (AvgIpc) is 3.03.